The van der Waals surface area contributed by atoms with Gasteiger partial charge in [0, 0.05) is 31.1 Å². The minimum Gasteiger partial charge on any atom is -0.337 e. The molecule has 74 valence electrons. The van der Waals surface area contributed by atoms with Crippen molar-refractivity contribution < 1.29 is 4.79 Å². The topological polar surface area (TPSA) is 32.3 Å². The summed E-state index contributed by atoms with van der Waals surface area (Å²) >= 11 is 0. The van der Waals surface area contributed by atoms with Crippen molar-refractivity contribution in [3.63, 3.8) is 0 Å². The molecule has 13 heavy (non-hydrogen) atoms. The number of carbonyl (C=O) groups excluding carboxylic acids is 1. The van der Waals surface area contributed by atoms with Crippen molar-refractivity contribution in [2.45, 2.75) is 26.3 Å². The molecule has 2 saturated heterocycles. The zero-order valence-corrected chi connectivity index (χ0v) is 8.63. The van der Waals surface area contributed by atoms with Crippen LogP contribution in [0.3, 0.4) is 0 Å². The Kier molecular flexibility index (Phi) is 1.88. The fourth-order valence-corrected chi connectivity index (χ4v) is 2.34. The third-order valence-corrected chi connectivity index (χ3v) is 3.15. The van der Waals surface area contributed by atoms with Crippen LogP contribution in [0.1, 0.15) is 20.8 Å². The third-order valence-electron chi connectivity index (χ3n) is 3.15. The molecule has 0 saturated carbocycles. The Morgan fingerprint density at radius 3 is 2.62 bits per heavy atom. The monoisotopic (exact) mass is 182 g/mol. The fraction of sp³-hybridized carbons (Fsp3) is 0.900. The van der Waals surface area contributed by atoms with E-state index in [1.165, 1.54) is 0 Å². The summed E-state index contributed by atoms with van der Waals surface area (Å²) in [5.74, 6) is 1.17. The molecule has 2 heterocycles. The maximum Gasteiger partial charge on any atom is 0.227 e. The summed E-state index contributed by atoms with van der Waals surface area (Å²) < 4.78 is 0. The number of likely N-dealkylation sites (tertiary alicyclic amines) is 1. The predicted molar refractivity (Wildman–Crippen MR) is 51.3 cm³/mol. The molecular weight excluding hydrogens is 164 g/mol. The summed E-state index contributed by atoms with van der Waals surface area (Å²) in [7, 11) is 0. The standard InChI is InChI=1S/C10H18N2O/c1-10(2,3)12-6-7-4-11-5-8(7)9(12)13/h7-8,11H,4-6H2,1-3H3. The minimum absolute atomic E-state index is 0.00141. The van der Waals surface area contributed by atoms with Crippen LogP contribution >= 0.6 is 0 Å². The van der Waals surface area contributed by atoms with E-state index >= 15 is 0 Å². The lowest BCUT2D eigenvalue weighted by Gasteiger charge is -2.32. The fourth-order valence-electron chi connectivity index (χ4n) is 2.34. The molecule has 1 N–H and O–H groups in total. The van der Waals surface area contributed by atoms with Crippen LogP contribution in [0.15, 0.2) is 0 Å². The highest BCUT2D eigenvalue weighted by atomic mass is 16.2. The van der Waals surface area contributed by atoms with Crippen molar-refractivity contribution in [3.8, 4) is 0 Å². The van der Waals surface area contributed by atoms with Gasteiger partial charge in [-0.25, -0.2) is 0 Å². The van der Waals surface area contributed by atoms with Gasteiger partial charge in [0.25, 0.3) is 0 Å². The van der Waals surface area contributed by atoms with E-state index in [4.69, 9.17) is 0 Å². The van der Waals surface area contributed by atoms with Crippen LogP contribution in [0.2, 0.25) is 0 Å². The number of hydrogen-bond donors (Lipinski definition) is 1. The number of carbonyl (C=O) groups is 1. The Hall–Kier alpha value is -0.570. The van der Waals surface area contributed by atoms with Crippen LogP contribution in [-0.4, -0.2) is 36.0 Å². The van der Waals surface area contributed by atoms with Crippen molar-refractivity contribution in [3.05, 3.63) is 0 Å². The van der Waals surface area contributed by atoms with E-state index in [9.17, 15) is 4.79 Å². The van der Waals surface area contributed by atoms with E-state index in [1.54, 1.807) is 0 Å². The van der Waals surface area contributed by atoms with Crippen molar-refractivity contribution in [1.29, 1.82) is 0 Å². The number of hydrogen-bond acceptors (Lipinski definition) is 2. The molecule has 0 aromatic heterocycles. The largest absolute Gasteiger partial charge is 0.337 e. The second kappa shape index (κ2) is 2.71. The first kappa shape index (κ1) is 9.00. The zero-order valence-electron chi connectivity index (χ0n) is 8.63. The summed E-state index contributed by atoms with van der Waals surface area (Å²) in [5, 5.41) is 3.28. The normalized spacial score (nSPS) is 34.1. The molecule has 3 heteroatoms. The van der Waals surface area contributed by atoms with Gasteiger partial charge in [-0.15, -0.1) is 0 Å². The molecule has 0 bridgehead atoms. The van der Waals surface area contributed by atoms with Crippen LogP contribution < -0.4 is 5.32 Å². The van der Waals surface area contributed by atoms with Gasteiger partial charge in [0.05, 0.1) is 5.92 Å². The molecular formula is C10H18N2O. The van der Waals surface area contributed by atoms with Crippen molar-refractivity contribution in [1.82, 2.24) is 10.2 Å². The molecule has 2 rings (SSSR count). The maximum atomic E-state index is 11.9. The average molecular weight is 182 g/mol. The second-order valence-electron chi connectivity index (χ2n) is 5.14. The lowest BCUT2D eigenvalue weighted by molar-refractivity contribution is -0.134. The minimum atomic E-state index is 0.00141. The van der Waals surface area contributed by atoms with E-state index < -0.39 is 0 Å². The van der Waals surface area contributed by atoms with E-state index in [-0.39, 0.29) is 11.5 Å². The quantitative estimate of drug-likeness (QED) is 0.590. The molecule has 3 nitrogen and oxygen atoms in total. The summed E-state index contributed by atoms with van der Waals surface area (Å²) in [6, 6.07) is 0. The van der Waals surface area contributed by atoms with Crippen LogP contribution in [-0.2, 0) is 4.79 Å². The Bertz CT molecular complexity index is 232. The lowest BCUT2D eigenvalue weighted by Crippen LogP contribution is -2.44. The third kappa shape index (κ3) is 1.35. The highest BCUT2D eigenvalue weighted by Gasteiger charge is 2.46. The highest BCUT2D eigenvalue weighted by molar-refractivity contribution is 5.82. The van der Waals surface area contributed by atoms with Crippen LogP contribution in [0.4, 0.5) is 0 Å². The Balaban J connectivity index is 2.15. The van der Waals surface area contributed by atoms with E-state index in [0.29, 0.717) is 11.8 Å². The number of fused-ring (bicyclic) bond motifs is 1. The van der Waals surface area contributed by atoms with E-state index in [1.807, 2.05) is 4.90 Å². The van der Waals surface area contributed by atoms with Crippen LogP contribution in [0.5, 0.6) is 0 Å². The first-order valence-electron chi connectivity index (χ1n) is 5.02. The molecule has 2 fully saturated rings. The van der Waals surface area contributed by atoms with Gasteiger partial charge >= 0.3 is 0 Å². The number of amides is 1. The molecule has 0 aromatic rings. The lowest BCUT2D eigenvalue weighted by atomic mass is 10.0. The van der Waals surface area contributed by atoms with E-state index in [0.717, 1.165) is 19.6 Å². The van der Waals surface area contributed by atoms with Gasteiger partial charge in [-0.3, -0.25) is 4.79 Å². The van der Waals surface area contributed by atoms with Gasteiger partial charge in [-0.05, 0) is 20.8 Å². The molecule has 0 aromatic carbocycles. The van der Waals surface area contributed by atoms with E-state index in [2.05, 4.69) is 26.1 Å². The number of nitrogens with zero attached hydrogens (tertiary/aromatic N) is 1. The molecule has 2 unspecified atom stereocenters. The molecule has 2 atom stereocenters. The average Bonchev–Trinajstić information content (AvgIpc) is 2.51. The van der Waals surface area contributed by atoms with Crippen molar-refractivity contribution in [2.75, 3.05) is 19.6 Å². The van der Waals surface area contributed by atoms with Crippen molar-refractivity contribution >= 4 is 5.91 Å². The van der Waals surface area contributed by atoms with Gasteiger partial charge in [-0.2, -0.15) is 0 Å². The maximum absolute atomic E-state index is 11.9. The predicted octanol–water partition coefficient (Wildman–Crippen LogP) is 0.463. The molecule has 1 amide bonds. The Morgan fingerprint density at radius 1 is 1.38 bits per heavy atom. The first-order valence-corrected chi connectivity index (χ1v) is 5.02. The second-order valence-corrected chi connectivity index (χ2v) is 5.14. The van der Waals surface area contributed by atoms with Crippen LogP contribution in [0.25, 0.3) is 0 Å². The number of nitrogens with one attached hydrogen (secondary N) is 1. The zero-order chi connectivity index (χ0) is 9.64. The van der Waals surface area contributed by atoms with Crippen molar-refractivity contribution in [2.24, 2.45) is 11.8 Å². The highest BCUT2D eigenvalue weighted by Crippen LogP contribution is 2.32. The molecule has 2 aliphatic heterocycles. The van der Waals surface area contributed by atoms with Gasteiger partial charge in [-0.1, -0.05) is 0 Å². The summed E-state index contributed by atoms with van der Waals surface area (Å²) in [6.07, 6.45) is 0. The van der Waals surface area contributed by atoms with Gasteiger partial charge < -0.3 is 10.2 Å². The Morgan fingerprint density at radius 2 is 2.08 bits per heavy atom. The van der Waals surface area contributed by atoms with Gasteiger partial charge in [0.15, 0.2) is 0 Å². The summed E-state index contributed by atoms with van der Waals surface area (Å²) in [6.45, 7) is 9.18. The van der Waals surface area contributed by atoms with Gasteiger partial charge in [0.1, 0.15) is 0 Å². The molecule has 0 aliphatic carbocycles. The molecule has 2 aliphatic rings. The van der Waals surface area contributed by atoms with Crippen LogP contribution in [0, 0.1) is 11.8 Å². The molecule has 0 spiro atoms. The molecule has 0 radical (unpaired) electrons. The first-order chi connectivity index (χ1) is 6.00. The Labute approximate surface area is 79.5 Å². The van der Waals surface area contributed by atoms with Gasteiger partial charge in [0.2, 0.25) is 5.91 Å². The number of rotatable bonds is 0. The smallest absolute Gasteiger partial charge is 0.227 e. The summed E-state index contributed by atoms with van der Waals surface area (Å²) in [4.78, 5) is 14.0. The SMILES string of the molecule is CC(C)(C)N1CC2CNCC2C1=O. The summed E-state index contributed by atoms with van der Waals surface area (Å²) in [5.41, 5.74) is 0.00141.